The van der Waals surface area contributed by atoms with Gasteiger partial charge in [0.25, 0.3) is 0 Å². The quantitative estimate of drug-likeness (QED) is 0.614. The Morgan fingerprint density at radius 2 is 2.08 bits per heavy atom. The smallest absolute Gasteiger partial charge is 0.157 e. The molecule has 0 aromatic carbocycles. The lowest BCUT2D eigenvalue weighted by atomic mass is 10.1. The predicted molar refractivity (Wildman–Crippen MR) is 53.7 cm³/mol. The van der Waals surface area contributed by atoms with Gasteiger partial charge in [-0.25, -0.2) is 0 Å². The summed E-state index contributed by atoms with van der Waals surface area (Å²) >= 11 is 0. The molecule has 0 aliphatic carbocycles. The molecule has 1 aliphatic rings. The highest BCUT2D eigenvalue weighted by Gasteiger charge is 2.20. The predicted octanol–water partition coefficient (Wildman–Crippen LogP) is 3.11. The Morgan fingerprint density at radius 3 is 2.77 bits per heavy atom. The van der Waals surface area contributed by atoms with Crippen LogP contribution in [-0.4, -0.2) is 19.0 Å². The van der Waals surface area contributed by atoms with Crippen LogP contribution in [0.1, 0.15) is 52.4 Å². The van der Waals surface area contributed by atoms with Gasteiger partial charge in [-0.1, -0.05) is 26.7 Å². The van der Waals surface area contributed by atoms with Gasteiger partial charge in [0.1, 0.15) is 0 Å². The van der Waals surface area contributed by atoms with Gasteiger partial charge < -0.3 is 9.47 Å². The molecule has 1 saturated heterocycles. The molecule has 2 nitrogen and oxygen atoms in total. The fraction of sp³-hybridized carbons (Fsp3) is 1.00. The summed E-state index contributed by atoms with van der Waals surface area (Å²) in [6.07, 6.45) is 7.59. The lowest BCUT2D eigenvalue weighted by Gasteiger charge is -2.29. The molecule has 0 spiro atoms. The SMILES string of the molecule is CCCCCC1OCCC(CC)O1. The summed E-state index contributed by atoms with van der Waals surface area (Å²) in [6, 6.07) is 0. The first kappa shape index (κ1) is 11.0. The highest BCUT2D eigenvalue weighted by atomic mass is 16.7. The zero-order valence-corrected chi connectivity index (χ0v) is 8.92. The fourth-order valence-electron chi connectivity index (χ4n) is 1.67. The Morgan fingerprint density at radius 1 is 1.23 bits per heavy atom. The molecule has 1 rings (SSSR count). The topological polar surface area (TPSA) is 18.5 Å². The van der Waals surface area contributed by atoms with E-state index in [0.717, 1.165) is 25.9 Å². The number of rotatable bonds is 5. The summed E-state index contributed by atoms with van der Waals surface area (Å²) in [5, 5.41) is 0. The van der Waals surface area contributed by atoms with Crippen molar-refractivity contribution in [1.29, 1.82) is 0 Å². The summed E-state index contributed by atoms with van der Waals surface area (Å²) in [6.45, 7) is 5.28. The molecule has 0 radical (unpaired) electrons. The van der Waals surface area contributed by atoms with Crippen molar-refractivity contribution in [1.82, 2.24) is 0 Å². The van der Waals surface area contributed by atoms with Crippen molar-refractivity contribution in [2.75, 3.05) is 6.61 Å². The van der Waals surface area contributed by atoms with Crippen molar-refractivity contribution in [3.8, 4) is 0 Å². The minimum atomic E-state index is 0.0882. The molecule has 0 amide bonds. The van der Waals surface area contributed by atoms with E-state index in [9.17, 15) is 0 Å². The number of hydrogen-bond donors (Lipinski definition) is 0. The summed E-state index contributed by atoms with van der Waals surface area (Å²) < 4.78 is 11.3. The first-order valence-electron chi connectivity index (χ1n) is 5.63. The summed E-state index contributed by atoms with van der Waals surface area (Å²) in [7, 11) is 0. The van der Waals surface area contributed by atoms with Gasteiger partial charge in [-0.05, 0) is 25.7 Å². The first-order valence-corrected chi connectivity index (χ1v) is 5.63. The van der Waals surface area contributed by atoms with Crippen LogP contribution in [-0.2, 0) is 9.47 Å². The number of hydrogen-bond acceptors (Lipinski definition) is 2. The van der Waals surface area contributed by atoms with E-state index in [4.69, 9.17) is 9.47 Å². The molecule has 2 atom stereocenters. The van der Waals surface area contributed by atoms with Crippen LogP contribution in [0.4, 0.5) is 0 Å². The molecular weight excluding hydrogens is 164 g/mol. The molecule has 2 unspecified atom stereocenters. The first-order chi connectivity index (χ1) is 6.36. The van der Waals surface area contributed by atoms with Crippen LogP contribution < -0.4 is 0 Å². The van der Waals surface area contributed by atoms with Gasteiger partial charge in [0.15, 0.2) is 6.29 Å². The van der Waals surface area contributed by atoms with Crippen LogP contribution >= 0.6 is 0 Å². The molecule has 1 fully saturated rings. The van der Waals surface area contributed by atoms with Gasteiger partial charge in [-0.3, -0.25) is 0 Å². The van der Waals surface area contributed by atoms with Crippen molar-refractivity contribution in [3.63, 3.8) is 0 Å². The Hall–Kier alpha value is -0.0800. The maximum atomic E-state index is 5.76. The second-order valence-electron chi connectivity index (χ2n) is 3.75. The average Bonchev–Trinajstić information content (AvgIpc) is 2.19. The number of ether oxygens (including phenoxy) is 2. The molecule has 78 valence electrons. The van der Waals surface area contributed by atoms with Crippen LogP contribution in [0.15, 0.2) is 0 Å². The van der Waals surface area contributed by atoms with E-state index < -0.39 is 0 Å². The second kappa shape index (κ2) is 6.39. The van der Waals surface area contributed by atoms with Gasteiger partial charge >= 0.3 is 0 Å². The van der Waals surface area contributed by atoms with Crippen LogP contribution in [0, 0.1) is 0 Å². The van der Waals surface area contributed by atoms with Gasteiger partial charge in [0.2, 0.25) is 0 Å². The maximum absolute atomic E-state index is 5.76. The Bertz CT molecular complexity index is 125. The van der Waals surface area contributed by atoms with Crippen molar-refractivity contribution in [2.45, 2.75) is 64.8 Å². The standard InChI is InChI=1S/C11H22O2/c1-3-5-6-7-11-12-9-8-10(4-2)13-11/h10-11H,3-9H2,1-2H3. The summed E-state index contributed by atoms with van der Waals surface area (Å²) in [5.74, 6) is 0. The normalized spacial score (nSPS) is 29.1. The largest absolute Gasteiger partial charge is 0.353 e. The third kappa shape index (κ3) is 4.10. The van der Waals surface area contributed by atoms with E-state index in [2.05, 4.69) is 13.8 Å². The summed E-state index contributed by atoms with van der Waals surface area (Å²) in [5.41, 5.74) is 0. The van der Waals surface area contributed by atoms with E-state index in [0.29, 0.717) is 6.10 Å². The van der Waals surface area contributed by atoms with E-state index in [1.807, 2.05) is 0 Å². The summed E-state index contributed by atoms with van der Waals surface area (Å²) in [4.78, 5) is 0. The number of unbranched alkanes of at least 4 members (excludes halogenated alkanes) is 2. The minimum absolute atomic E-state index is 0.0882. The van der Waals surface area contributed by atoms with Crippen molar-refractivity contribution in [3.05, 3.63) is 0 Å². The van der Waals surface area contributed by atoms with Gasteiger partial charge in [-0.2, -0.15) is 0 Å². The van der Waals surface area contributed by atoms with Crippen LogP contribution in [0.3, 0.4) is 0 Å². The Balaban J connectivity index is 2.11. The fourth-order valence-corrected chi connectivity index (χ4v) is 1.67. The van der Waals surface area contributed by atoms with Crippen molar-refractivity contribution < 1.29 is 9.47 Å². The Labute approximate surface area is 81.6 Å². The lowest BCUT2D eigenvalue weighted by Crippen LogP contribution is -2.31. The molecular formula is C11H22O2. The zero-order valence-electron chi connectivity index (χ0n) is 8.92. The molecule has 1 heterocycles. The maximum Gasteiger partial charge on any atom is 0.157 e. The monoisotopic (exact) mass is 186 g/mol. The third-order valence-electron chi connectivity index (χ3n) is 2.59. The van der Waals surface area contributed by atoms with E-state index in [-0.39, 0.29) is 6.29 Å². The third-order valence-corrected chi connectivity index (χ3v) is 2.59. The molecule has 0 saturated carbocycles. The lowest BCUT2D eigenvalue weighted by molar-refractivity contribution is -0.215. The Kier molecular flexibility index (Phi) is 5.40. The van der Waals surface area contributed by atoms with Crippen molar-refractivity contribution >= 4 is 0 Å². The van der Waals surface area contributed by atoms with Gasteiger partial charge in [-0.15, -0.1) is 0 Å². The molecule has 13 heavy (non-hydrogen) atoms. The van der Waals surface area contributed by atoms with Crippen molar-refractivity contribution in [2.24, 2.45) is 0 Å². The van der Waals surface area contributed by atoms with Gasteiger partial charge in [0, 0.05) is 0 Å². The van der Waals surface area contributed by atoms with E-state index in [1.165, 1.54) is 19.3 Å². The highest BCUT2D eigenvalue weighted by Crippen LogP contribution is 2.19. The minimum Gasteiger partial charge on any atom is -0.353 e. The average molecular weight is 186 g/mol. The van der Waals surface area contributed by atoms with Crippen LogP contribution in [0.25, 0.3) is 0 Å². The second-order valence-corrected chi connectivity index (χ2v) is 3.75. The van der Waals surface area contributed by atoms with Crippen LogP contribution in [0.5, 0.6) is 0 Å². The molecule has 0 N–H and O–H groups in total. The molecule has 0 aromatic heterocycles. The molecule has 2 heteroatoms. The zero-order chi connectivity index (χ0) is 9.52. The molecule has 1 aliphatic heterocycles. The molecule has 0 aromatic rings. The van der Waals surface area contributed by atoms with Gasteiger partial charge in [0.05, 0.1) is 12.7 Å². The molecule has 0 bridgehead atoms. The van der Waals surface area contributed by atoms with E-state index in [1.54, 1.807) is 0 Å². The van der Waals surface area contributed by atoms with Crippen LogP contribution in [0.2, 0.25) is 0 Å². The highest BCUT2D eigenvalue weighted by molar-refractivity contribution is 4.62. The van der Waals surface area contributed by atoms with E-state index >= 15 is 0 Å².